The lowest BCUT2D eigenvalue weighted by molar-refractivity contribution is 0.0840. The molecule has 1 N–H and O–H groups in total. The number of hydrogen-bond acceptors (Lipinski definition) is 2. The third-order valence-electron chi connectivity index (χ3n) is 4.14. The number of nitrogens with one attached hydrogen (secondary N) is 1. The maximum Gasteiger partial charge on any atom is 0.287 e. The highest BCUT2D eigenvalue weighted by Gasteiger charge is 2.32. The highest BCUT2D eigenvalue weighted by Crippen LogP contribution is 2.33. The van der Waals surface area contributed by atoms with Crippen LogP contribution in [0.2, 0.25) is 5.22 Å². The molecule has 0 radical (unpaired) electrons. The number of carbonyl (C=O) groups is 1. The first-order valence-corrected chi connectivity index (χ1v) is 7.41. The van der Waals surface area contributed by atoms with Crippen LogP contribution in [-0.2, 0) is 0 Å². The van der Waals surface area contributed by atoms with Crippen LogP contribution in [0.15, 0.2) is 16.5 Å². The molecule has 3 unspecified atom stereocenters. The number of furan rings is 1. The van der Waals surface area contributed by atoms with E-state index in [-0.39, 0.29) is 17.2 Å². The summed E-state index contributed by atoms with van der Waals surface area (Å²) in [5.74, 6) is 1.94. The molecule has 0 bridgehead atoms. The molecular weight excluding hydrogens is 262 g/mol. The topological polar surface area (TPSA) is 42.2 Å². The Morgan fingerprint density at radius 1 is 1.42 bits per heavy atom. The van der Waals surface area contributed by atoms with Crippen molar-refractivity contribution in [3.05, 3.63) is 23.1 Å². The average molecular weight is 284 g/mol. The molecule has 1 amide bonds. The monoisotopic (exact) mass is 283 g/mol. The molecule has 1 aromatic heterocycles. The van der Waals surface area contributed by atoms with E-state index in [0.29, 0.717) is 23.5 Å². The van der Waals surface area contributed by atoms with Gasteiger partial charge in [0.05, 0.1) is 0 Å². The van der Waals surface area contributed by atoms with E-state index in [1.807, 2.05) is 0 Å². The van der Waals surface area contributed by atoms with Crippen molar-refractivity contribution in [2.45, 2.75) is 46.1 Å². The molecule has 4 heteroatoms. The highest BCUT2D eigenvalue weighted by molar-refractivity contribution is 6.29. The normalized spacial score (nSPS) is 27.5. The standard InChI is InChI=1S/C15H22ClNO2/c1-9(2)11-5-4-10(3)8-12(11)17-15(18)13-6-7-14(16)19-13/h6-7,9-12H,4-5,8H2,1-3H3,(H,17,18). The molecule has 0 aliphatic heterocycles. The van der Waals surface area contributed by atoms with Crippen LogP contribution in [0, 0.1) is 17.8 Å². The number of carbonyl (C=O) groups excluding carboxylic acids is 1. The van der Waals surface area contributed by atoms with Gasteiger partial charge in [-0.1, -0.05) is 27.2 Å². The van der Waals surface area contributed by atoms with Crippen LogP contribution in [-0.4, -0.2) is 11.9 Å². The van der Waals surface area contributed by atoms with Gasteiger partial charge in [-0.05, 0) is 54.3 Å². The molecule has 2 rings (SSSR count). The highest BCUT2D eigenvalue weighted by atomic mass is 35.5. The van der Waals surface area contributed by atoms with Crippen molar-refractivity contribution in [1.29, 1.82) is 0 Å². The van der Waals surface area contributed by atoms with E-state index in [4.69, 9.17) is 16.0 Å². The summed E-state index contributed by atoms with van der Waals surface area (Å²) in [6.45, 7) is 6.70. The van der Waals surface area contributed by atoms with Gasteiger partial charge in [0.15, 0.2) is 11.0 Å². The molecule has 106 valence electrons. The van der Waals surface area contributed by atoms with Crippen LogP contribution in [0.1, 0.15) is 50.6 Å². The van der Waals surface area contributed by atoms with Crippen LogP contribution in [0.3, 0.4) is 0 Å². The fourth-order valence-corrected chi connectivity index (χ4v) is 3.19. The van der Waals surface area contributed by atoms with E-state index in [9.17, 15) is 4.79 Å². The van der Waals surface area contributed by atoms with E-state index in [1.165, 1.54) is 12.8 Å². The third-order valence-corrected chi connectivity index (χ3v) is 4.34. The molecule has 0 spiro atoms. The summed E-state index contributed by atoms with van der Waals surface area (Å²) in [7, 11) is 0. The first kappa shape index (κ1) is 14.4. The van der Waals surface area contributed by atoms with Crippen LogP contribution in [0.4, 0.5) is 0 Å². The first-order chi connectivity index (χ1) is 8.97. The van der Waals surface area contributed by atoms with Crippen molar-refractivity contribution in [3.8, 4) is 0 Å². The maximum absolute atomic E-state index is 12.1. The summed E-state index contributed by atoms with van der Waals surface area (Å²) in [5.41, 5.74) is 0. The summed E-state index contributed by atoms with van der Waals surface area (Å²) in [6, 6.07) is 3.45. The Morgan fingerprint density at radius 3 is 2.74 bits per heavy atom. The predicted octanol–water partition coefficient (Wildman–Crippen LogP) is 4.12. The number of halogens is 1. The van der Waals surface area contributed by atoms with Crippen molar-refractivity contribution >= 4 is 17.5 Å². The Balaban J connectivity index is 2.04. The molecule has 0 saturated heterocycles. The van der Waals surface area contributed by atoms with Crippen LogP contribution in [0.25, 0.3) is 0 Å². The molecule has 3 nitrogen and oxygen atoms in total. The maximum atomic E-state index is 12.1. The minimum Gasteiger partial charge on any atom is -0.440 e. The van der Waals surface area contributed by atoms with Gasteiger partial charge in [0.2, 0.25) is 0 Å². The Kier molecular flexibility index (Phi) is 4.56. The van der Waals surface area contributed by atoms with Crippen molar-refractivity contribution in [2.24, 2.45) is 17.8 Å². The lowest BCUT2D eigenvalue weighted by Crippen LogP contribution is -2.45. The van der Waals surface area contributed by atoms with Crippen LogP contribution in [0.5, 0.6) is 0 Å². The molecule has 3 atom stereocenters. The lowest BCUT2D eigenvalue weighted by atomic mass is 9.74. The van der Waals surface area contributed by atoms with Crippen LogP contribution < -0.4 is 5.32 Å². The number of amides is 1. The molecule has 1 aliphatic rings. The summed E-state index contributed by atoms with van der Waals surface area (Å²) in [6.07, 6.45) is 3.48. The Morgan fingerprint density at radius 2 is 2.16 bits per heavy atom. The van der Waals surface area contributed by atoms with Gasteiger partial charge < -0.3 is 9.73 Å². The molecule has 0 aromatic carbocycles. The quantitative estimate of drug-likeness (QED) is 0.906. The second-order valence-corrected chi connectivity index (χ2v) is 6.38. The van der Waals surface area contributed by atoms with E-state index < -0.39 is 0 Å². The van der Waals surface area contributed by atoms with Gasteiger partial charge in [-0.2, -0.15) is 0 Å². The van der Waals surface area contributed by atoms with Gasteiger partial charge in [-0.25, -0.2) is 0 Å². The van der Waals surface area contributed by atoms with Crippen molar-refractivity contribution < 1.29 is 9.21 Å². The Bertz CT molecular complexity index is 441. The van der Waals surface area contributed by atoms with Crippen molar-refractivity contribution in [3.63, 3.8) is 0 Å². The van der Waals surface area contributed by atoms with Gasteiger partial charge >= 0.3 is 0 Å². The summed E-state index contributed by atoms with van der Waals surface area (Å²) < 4.78 is 5.16. The zero-order valence-electron chi connectivity index (χ0n) is 11.8. The van der Waals surface area contributed by atoms with Crippen molar-refractivity contribution in [2.75, 3.05) is 0 Å². The van der Waals surface area contributed by atoms with Crippen molar-refractivity contribution in [1.82, 2.24) is 5.32 Å². The first-order valence-electron chi connectivity index (χ1n) is 7.03. The summed E-state index contributed by atoms with van der Waals surface area (Å²) >= 11 is 5.70. The largest absolute Gasteiger partial charge is 0.440 e. The minimum atomic E-state index is -0.156. The molecule has 1 aromatic rings. The second kappa shape index (κ2) is 6.00. The molecule has 1 saturated carbocycles. The summed E-state index contributed by atoms with van der Waals surface area (Å²) in [4.78, 5) is 12.1. The smallest absolute Gasteiger partial charge is 0.287 e. The molecular formula is C15H22ClNO2. The average Bonchev–Trinajstić information content (AvgIpc) is 2.75. The molecule has 1 heterocycles. The van der Waals surface area contributed by atoms with Gasteiger partial charge in [0.25, 0.3) is 5.91 Å². The fourth-order valence-electron chi connectivity index (χ4n) is 3.04. The Hall–Kier alpha value is -0.960. The SMILES string of the molecule is CC1CCC(C(C)C)C(NC(=O)c2ccc(Cl)o2)C1. The van der Waals surface area contributed by atoms with E-state index in [1.54, 1.807) is 12.1 Å². The van der Waals surface area contributed by atoms with Gasteiger partial charge in [0.1, 0.15) is 0 Å². The summed E-state index contributed by atoms with van der Waals surface area (Å²) in [5, 5.41) is 3.37. The predicted molar refractivity (Wildman–Crippen MR) is 76.3 cm³/mol. The number of rotatable bonds is 3. The minimum absolute atomic E-state index is 0.156. The van der Waals surface area contributed by atoms with E-state index >= 15 is 0 Å². The number of hydrogen-bond donors (Lipinski definition) is 1. The van der Waals surface area contributed by atoms with Gasteiger partial charge in [-0.3, -0.25) is 4.79 Å². The zero-order chi connectivity index (χ0) is 14.0. The second-order valence-electron chi connectivity index (χ2n) is 6.01. The Labute approximate surface area is 119 Å². The van der Waals surface area contributed by atoms with E-state index in [2.05, 4.69) is 26.1 Å². The molecule has 1 aliphatic carbocycles. The molecule has 19 heavy (non-hydrogen) atoms. The lowest BCUT2D eigenvalue weighted by Gasteiger charge is -2.37. The van der Waals surface area contributed by atoms with Gasteiger partial charge in [-0.15, -0.1) is 0 Å². The fraction of sp³-hybridized carbons (Fsp3) is 0.667. The zero-order valence-corrected chi connectivity index (χ0v) is 12.5. The third kappa shape index (κ3) is 3.53. The molecule has 1 fully saturated rings. The van der Waals surface area contributed by atoms with E-state index in [0.717, 1.165) is 6.42 Å². The van der Waals surface area contributed by atoms with Crippen LogP contribution >= 0.6 is 11.6 Å². The van der Waals surface area contributed by atoms with Gasteiger partial charge in [0, 0.05) is 6.04 Å².